The Kier molecular flexibility index (Phi) is 3.85. The molecule has 0 saturated carbocycles. The third-order valence-electron chi connectivity index (χ3n) is 1.42. The van der Waals surface area contributed by atoms with Crippen LogP contribution in [0.15, 0.2) is 4.99 Å². The molecule has 52 valence electrons. The van der Waals surface area contributed by atoms with Crippen molar-refractivity contribution in [2.24, 2.45) is 10.9 Å². The van der Waals surface area contributed by atoms with Gasteiger partial charge in [-0.15, -0.1) is 0 Å². The topological polar surface area (TPSA) is 44.6 Å². The summed E-state index contributed by atoms with van der Waals surface area (Å²) in [5.74, 6) is 0.413. The van der Waals surface area contributed by atoms with Crippen molar-refractivity contribution in [1.29, 1.82) is 0 Å². The van der Waals surface area contributed by atoms with Crippen LogP contribution in [-0.2, 0) is 4.74 Å². The van der Waals surface area contributed by atoms with Crippen molar-refractivity contribution in [2.45, 2.75) is 19.9 Å². The van der Waals surface area contributed by atoms with Crippen LogP contribution in [-0.4, -0.2) is 18.7 Å². The summed E-state index contributed by atoms with van der Waals surface area (Å²) in [6.45, 7) is 4.52. The summed E-state index contributed by atoms with van der Waals surface area (Å²) in [5, 5.41) is 10.4. The van der Waals surface area contributed by atoms with E-state index in [1.807, 2.05) is 13.8 Å². The second kappa shape index (κ2) is 3.90. The molecule has 3 nitrogen and oxygen atoms in total. The molecule has 1 rings (SSSR count). The number of ether oxygens (including phenoxy) is 1. The summed E-state index contributed by atoms with van der Waals surface area (Å²) in [5.41, 5.74) is 0. The van der Waals surface area contributed by atoms with E-state index < -0.39 is 6.08 Å². The van der Waals surface area contributed by atoms with Crippen LogP contribution in [0.1, 0.15) is 13.8 Å². The minimum atomic E-state index is -0.409. The molecule has 0 saturated heterocycles. The monoisotopic (exact) mass is 135 g/mol. The van der Waals surface area contributed by atoms with Crippen LogP contribution in [0, 0.1) is 5.92 Å². The molecule has 1 heterocycles. The van der Waals surface area contributed by atoms with Gasteiger partial charge in [0.25, 0.3) is 0 Å². The summed E-state index contributed by atoms with van der Waals surface area (Å²) in [6, 6.07) is 0.0949. The first-order chi connectivity index (χ1) is 4.20. The predicted molar refractivity (Wildman–Crippen MR) is 32.0 cm³/mol. The van der Waals surface area contributed by atoms with Gasteiger partial charge in [-0.25, -0.2) is 0 Å². The van der Waals surface area contributed by atoms with Crippen LogP contribution in [0.3, 0.4) is 0 Å². The van der Waals surface area contributed by atoms with E-state index in [-0.39, 0.29) is 24.9 Å². The first-order valence-electron chi connectivity index (χ1n) is 3.08. The largest absolute Gasteiger partial charge is 1.00 e. The van der Waals surface area contributed by atoms with Crippen LogP contribution in [0.5, 0.6) is 0 Å². The quantitative estimate of drug-likeness (QED) is 0.355. The molecule has 1 atom stereocenters. The van der Waals surface area contributed by atoms with Gasteiger partial charge in [-0.1, -0.05) is 13.8 Å². The van der Waals surface area contributed by atoms with Crippen LogP contribution < -0.4 is 24.0 Å². The van der Waals surface area contributed by atoms with Gasteiger partial charge in [0.2, 0.25) is 0 Å². The molecular formula is C6H10LiNO2. The molecule has 0 N–H and O–H groups in total. The minimum Gasteiger partial charge on any atom is -0.598 e. The maximum absolute atomic E-state index is 10.4. The van der Waals surface area contributed by atoms with E-state index in [4.69, 9.17) is 0 Å². The van der Waals surface area contributed by atoms with Crippen molar-refractivity contribution in [3.8, 4) is 0 Å². The average Bonchev–Trinajstić information content (AvgIpc) is 2.14. The van der Waals surface area contributed by atoms with Crippen molar-refractivity contribution in [2.75, 3.05) is 6.61 Å². The molecule has 1 aliphatic rings. The van der Waals surface area contributed by atoms with Crippen molar-refractivity contribution in [3.63, 3.8) is 0 Å². The van der Waals surface area contributed by atoms with Gasteiger partial charge in [0, 0.05) is 6.61 Å². The fraction of sp³-hybridized carbons (Fsp3) is 0.833. The summed E-state index contributed by atoms with van der Waals surface area (Å²) in [7, 11) is 0. The normalized spacial score (nSPS) is 23.5. The summed E-state index contributed by atoms with van der Waals surface area (Å²) >= 11 is 0. The molecule has 0 aromatic carbocycles. The fourth-order valence-corrected chi connectivity index (χ4v) is 0.708. The van der Waals surface area contributed by atoms with Crippen molar-refractivity contribution >= 4 is 6.08 Å². The Morgan fingerprint density at radius 3 is 2.50 bits per heavy atom. The zero-order chi connectivity index (χ0) is 6.85. The molecule has 0 aliphatic carbocycles. The zero-order valence-corrected chi connectivity index (χ0v) is 6.63. The summed E-state index contributed by atoms with van der Waals surface area (Å²) in [6.07, 6.45) is -0.409. The van der Waals surface area contributed by atoms with Crippen molar-refractivity contribution in [3.05, 3.63) is 0 Å². The van der Waals surface area contributed by atoms with Crippen molar-refractivity contribution in [1.82, 2.24) is 0 Å². The van der Waals surface area contributed by atoms with Crippen LogP contribution in [0.4, 0.5) is 0 Å². The first-order valence-corrected chi connectivity index (χ1v) is 3.08. The van der Waals surface area contributed by atoms with Gasteiger partial charge >= 0.3 is 18.9 Å². The Bertz CT molecular complexity index is 136. The van der Waals surface area contributed by atoms with Gasteiger partial charge in [-0.2, -0.15) is 0 Å². The Labute approximate surface area is 72.7 Å². The van der Waals surface area contributed by atoms with Crippen LogP contribution in [0.25, 0.3) is 0 Å². The Morgan fingerprint density at radius 1 is 1.70 bits per heavy atom. The number of rotatable bonds is 1. The number of aliphatic imine (C=N–C) groups is 1. The third-order valence-corrected chi connectivity index (χ3v) is 1.42. The van der Waals surface area contributed by atoms with Gasteiger partial charge in [-0.05, 0) is 5.92 Å². The Hall–Kier alpha value is -0.133. The summed E-state index contributed by atoms with van der Waals surface area (Å²) < 4.78 is 4.62. The van der Waals surface area contributed by atoms with Crippen molar-refractivity contribution < 1.29 is 28.7 Å². The molecular weight excluding hydrogens is 125 g/mol. The Morgan fingerprint density at radius 2 is 2.30 bits per heavy atom. The average molecular weight is 135 g/mol. The van der Waals surface area contributed by atoms with Gasteiger partial charge in [-0.3, -0.25) is 4.99 Å². The maximum atomic E-state index is 10.4. The molecule has 0 spiro atoms. The van der Waals surface area contributed by atoms with Gasteiger partial charge in [0.1, 0.15) is 6.08 Å². The number of hydrogen-bond donors (Lipinski definition) is 0. The second-order valence-electron chi connectivity index (χ2n) is 2.52. The SMILES string of the molecule is CC(C)[C@H]1COC([O-])=N1.[Li+]. The first kappa shape index (κ1) is 9.87. The summed E-state index contributed by atoms with van der Waals surface area (Å²) in [4.78, 5) is 3.73. The van der Waals surface area contributed by atoms with E-state index in [0.717, 1.165) is 0 Å². The molecule has 10 heavy (non-hydrogen) atoms. The van der Waals surface area contributed by atoms with Crippen LogP contribution >= 0.6 is 0 Å². The van der Waals surface area contributed by atoms with Gasteiger partial charge in [0.15, 0.2) is 0 Å². The van der Waals surface area contributed by atoms with Gasteiger partial charge in [0.05, 0.1) is 6.04 Å². The molecule has 4 heteroatoms. The molecule has 0 fully saturated rings. The smallest absolute Gasteiger partial charge is 0.598 e. The standard InChI is InChI=1S/C6H11NO2.Li/c1-4(2)5-3-9-6(8)7-5;/h4-5H,3H2,1-2H3,(H,7,8);/q;+1/p-1/t5-;/m1./s1. The molecule has 0 bridgehead atoms. The predicted octanol–water partition coefficient (Wildman–Crippen LogP) is -3.24. The molecule has 0 amide bonds. The number of nitrogens with zero attached hydrogens (tertiary/aromatic N) is 1. The minimum absolute atomic E-state index is 0. The van der Waals surface area contributed by atoms with E-state index in [2.05, 4.69) is 9.73 Å². The number of hydrogen-bond acceptors (Lipinski definition) is 3. The van der Waals surface area contributed by atoms with Crippen LogP contribution in [0.2, 0.25) is 0 Å². The second-order valence-corrected chi connectivity index (χ2v) is 2.52. The van der Waals surface area contributed by atoms with E-state index in [1.54, 1.807) is 0 Å². The molecule has 0 radical (unpaired) electrons. The fourth-order valence-electron chi connectivity index (χ4n) is 0.708. The Balaban J connectivity index is 0.000000810. The third kappa shape index (κ3) is 2.24. The zero-order valence-electron chi connectivity index (χ0n) is 6.63. The molecule has 1 aliphatic heterocycles. The van der Waals surface area contributed by atoms with E-state index in [9.17, 15) is 5.11 Å². The van der Waals surface area contributed by atoms with E-state index in [1.165, 1.54) is 0 Å². The molecule has 0 unspecified atom stereocenters. The molecule has 0 aromatic rings. The van der Waals surface area contributed by atoms with Gasteiger partial charge < -0.3 is 9.84 Å². The van der Waals surface area contributed by atoms with E-state index in [0.29, 0.717) is 12.5 Å². The maximum Gasteiger partial charge on any atom is 1.00 e. The van der Waals surface area contributed by atoms with E-state index >= 15 is 0 Å². The molecule has 0 aromatic heterocycles.